The molecule has 1 aromatic heterocycles. The van der Waals surface area contributed by atoms with Gasteiger partial charge in [-0.25, -0.2) is 8.78 Å². The molecule has 1 aromatic carbocycles. The van der Waals surface area contributed by atoms with Gasteiger partial charge in [-0.15, -0.1) is 0 Å². The van der Waals surface area contributed by atoms with E-state index in [1.807, 2.05) is 13.8 Å². The van der Waals surface area contributed by atoms with Gasteiger partial charge in [0, 0.05) is 22.5 Å². The molecule has 0 saturated heterocycles. The molecule has 0 atom stereocenters. The molecule has 0 radical (unpaired) electrons. The summed E-state index contributed by atoms with van der Waals surface area (Å²) in [6, 6.07) is 4.16. The third-order valence-corrected chi connectivity index (χ3v) is 3.06. The minimum atomic E-state index is -0.463. The second-order valence-corrected chi connectivity index (χ2v) is 4.59. The number of benzene rings is 1. The van der Waals surface area contributed by atoms with E-state index < -0.39 is 11.6 Å². The topological polar surface area (TPSA) is 15.8 Å². The van der Waals surface area contributed by atoms with Crippen molar-refractivity contribution in [3.63, 3.8) is 0 Å². The van der Waals surface area contributed by atoms with Crippen LogP contribution in [0.15, 0.2) is 22.7 Å². The lowest BCUT2D eigenvalue weighted by Gasteiger charge is -2.04. The molecule has 4 heteroatoms. The van der Waals surface area contributed by atoms with Crippen molar-refractivity contribution in [2.75, 3.05) is 0 Å². The quantitative estimate of drug-likeness (QED) is 0.751. The van der Waals surface area contributed by atoms with Crippen LogP contribution < -0.4 is 0 Å². The Morgan fingerprint density at radius 2 is 1.69 bits per heavy atom. The molecule has 1 nitrogen and oxygen atoms in total. The number of halogens is 3. The first-order chi connectivity index (χ1) is 7.49. The van der Waals surface area contributed by atoms with Gasteiger partial charge in [0.2, 0.25) is 0 Å². The summed E-state index contributed by atoms with van der Waals surface area (Å²) < 4.78 is 27.2. The number of aryl methyl sites for hydroxylation is 2. The SMILES string of the molecule is Cc1cc(-c2cc(F)c(Br)cc2F)c(C)[nH]1. The van der Waals surface area contributed by atoms with Crippen LogP contribution in [-0.2, 0) is 0 Å². The zero-order chi connectivity index (χ0) is 11.9. The highest BCUT2D eigenvalue weighted by molar-refractivity contribution is 9.10. The van der Waals surface area contributed by atoms with Crippen molar-refractivity contribution in [2.45, 2.75) is 13.8 Å². The number of aromatic nitrogens is 1. The number of nitrogens with one attached hydrogen (secondary N) is 1. The first kappa shape index (κ1) is 11.3. The number of aromatic amines is 1. The van der Waals surface area contributed by atoms with Crippen LogP contribution in [0.3, 0.4) is 0 Å². The summed E-state index contributed by atoms with van der Waals surface area (Å²) in [6.07, 6.45) is 0. The first-order valence-electron chi connectivity index (χ1n) is 4.80. The number of hydrogen-bond acceptors (Lipinski definition) is 0. The molecular weight excluding hydrogens is 276 g/mol. The van der Waals surface area contributed by atoms with Gasteiger partial charge in [-0.3, -0.25) is 0 Å². The third-order valence-electron chi connectivity index (χ3n) is 2.45. The summed E-state index contributed by atoms with van der Waals surface area (Å²) in [5.74, 6) is -0.898. The van der Waals surface area contributed by atoms with Crippen molar-refractivity contribution in [3.8, 4) is 11.1 Å². The fourth-order valence-corrected chi connectivity index (χ4v) is 2.05. The molecule has 0 aliphatic carbocycles. The summed E-state index contributed by atoms with van der Waals surface area (Å²) >= 11 is 2.95. The summed E-state index contributed by atoms with van der Waals surface area (Å²) in [6.45, 7) is 3.71. The minimum absolute atomic E-state index is 0.138. The highest BCUT2D eigenvalue weighted by Crippen LogP contribution is 2.30. The second kappa shape index (κ2) is 4.01. The van der Waals surface area contributed by atoms with Crippen molar-refractivity contribution in [1.82, 2.24) is 4.98 Å². The van der Waals surface area contributed by atoms with Crippen molar-refractivity contribution < 1.29 is 8.78 Å². The second-order valence-electron chi connectivity index (χ2n) is 3.74. The van der Waals surface area contributed by atoms with Crippen LogP contribution >= 0.6 is 15.9 Å². The highest BCUT2D eigenvalue weighted by Gasteiger charge is 2.13. The Kier molecular flexibility index (Phi) is 2.84. The Morgan fingerprint density at radius 1 is 1.00 bits per heavy atom. The fraction of sp³-hybridized carbons (Fsp3) is 0.167. The molecule has 2 rings (SSSR count). The van der Waals surface area contributed by atoms with Crippen molar-refractivity contribution in [1.29, 1.82) is 0 Å². The lowest BCUT2D eigenvalue weighted by atomic mass is 10.1. The monoisotopic (exact) mass is 285 g/mol. The molecule has 0 bridgehead atoms. The summed E-state index contributed by atoms with van der Waals surface area (Å²) in [7, 11) is 0. The van der Waals surface area contributed by atoms with Crippen LogP contribution in [0.25, 0.3) is 11.1 Å². The normalized spacial score (nSPS) is 10.8. The van der Waals surface area contributed by atoms with Gasteiger partial charge in [0.05, 0.1) is 4.47 Å². The molecule has 0 spiro atoms. The number of H-pyrrole nitrogens is 1. The zero-order valence-electron chi connectivity index (χ0n) is 8.87. The van der Waals surface area contributed by atoms with E-state index in [4.69, 9.17) is 0 Å². The van der Waals surface area contributed by atoms with Crippen LogP contribution in [0.5, 0.6) is 0 Å². The molecule has 2 aromatic rings. The maximum Gasteiger partial charge on any atom is 0.138 e. The van der Waals surface area contributed by atoms with Crippen LogP contribution in [0.4, 0.5) is 8.78 Å². The van der Waals surface area contributed by atoms with Crippen LogP contribution in [0.2, 0.25) is 0 Å². The summed E-state index contributed by atoms with van der Waals surface area (Å²) in [4.78, 5) is 3.07. The van der Waals surface area contributed by atoms with Gasteiger partial charge in [-0.1, -0.05) is 0 Å². The summed E-state index contributed by atoms with van der Waals surface area (Å²) in [5.41, 5.74) is 2.73. The predicted octanol–water partition coefficient (Wildman–Crippen LogP) is 4.34. The van der Waals surface area contributed by atoms with Crippen LogP contribution in [0.1, 0.15) is 11.4 Å². The van der Waals surface area contributed by atoms with Crippen molar-refractivity contribution in [2.24, 2.45) is 0 Å². The first-order valence-corrected chi connectivity index (χ1v) is 5.59. The number of hydrogen-bond donors (Lipinski definition) is 1. The third kappa shape index (κ3) is 1.89. The van der Waals surface area contributed by atoms with E-state index in [9.17, 15) is 8.78 Å². The molecule has 84 valence electrons. The molecule has 0 unspecified atom stereocenters. The lowest BCUT2D eigenvalue weighted by molar-refractivity contribution is 0.597. The van der Waals surface area contributed by atoms with E-state index in [-0.39, 0.29) is 10.0 Å². The average Bonchev–Trinajstić information content (AvgIpc) is 2.51. The Labute approximate surface area is 101 Å². The maximum absolute atomic E-state index is 13.7. The van der Waals surface area contributed by atoms with Gasteiger partial charge in [0.15, 0.2) is 0 Å². The smallest absolute Gasteiger partial charge is 0.138 e. The van der Waals surface area contributed by atoms with Crippen LogP contribution in [-0.4, -0.2) is 4.98 Å². The van der Waals surface area contributed by atoms with E-state index in [0.717, 1.165) is 17.5 Å². The lowest BCUT2D eigenvalue weighted by Crippen LogP contribution is -1.88. The van der Waals surface area contributed by atoms with E-state index in [1.165, 1.54) is 6.07 Å². The van der Waals surface area contributed by atoms with E-state index >= 15 is 0 Å². The largest absolute Gasteiger partial charge is 0.362 e. The molecule has 0 saturated carbocycles. The average molecular weight is 286 g/mol. The van der Waals surface area contributed by atoms with E-state index in [1.54, 1.807) is 6.07 Å². The van der Waals surface area contributed by atoms with Gasteiger partial charge in [0.1, 0.15) is 11.6 Å². The molecule has 16 heavy (non-hydrogen) atoms. The van der Waals surface area contributed by atoms with Gasteiger partial charge in [-0.2, -0.15) is 0 Å². The van der Waals surface area contributed by atoms with Crippen LogP contribution in [0, 0.1) is 25.5 Å². The molecule has 0 amide bonds. The minimum Gasteiger partial charge on any atom is -0.362 e. The Balaban J connectivity index is 2.64. The van der Waals surface area contributed by atoms with Gasteiger partial charge in [0.25, 0.3) is 0 Å². The zero-order valence-corrected chi connectivity index (χ0v) is 10.5. The number of rotatable bonds is 1. The van der Waals surface area contributed by atoms with Gasteiger partial charge >= 0.3 is 0 Å². The van der Waals surface area contributed by atoms with Crippen molar-refractivity contribution in [3.05, 3.63) is 45.7 Å². The molecule has 0 aliphatic rings. The maximum atomic E-state index is 13.7. The molecule has 1 N–H and O–H groups in total. The van der Waals surface area contributed by atoms with E-state index in [2.05, 4.69) is 20.9 Å². The Bertz CT molecular complexity index is 546. The molecule has 0 fully saturated rings. The molecule has 0 aliphatic heterocycles. The van der Waals surface area contributed by atoms with Gasteiger partial charge in [-0.05, 0) is 48.0 Å². The highest BCUT2D eigenvalue weighted by atomic mass is 79.9. The molecule has 1 heterocycles. The van der Waals surface area contributed by atoms with Crippen molar-refractivity contribution >= 4 is 15.9 Å². The molecular formula is C12H10BrF2N. The summed E-state index contributed by atoms with van der Waals surface area (Å²) in [5, 5.41) is 0. The van der Waals surface area contributed by atoms with Gasteiger partial charge < -0.3 is 4.98 Å². The standard InChI is InChI=1S/C12H10BrF2N/c1-6-3-8(7(2)16-6)9-4-12(15)10(13)5-11(9)14/h3-5,16H,1-2H3. The predicted molar refractivity (Wildman–Crippen MR) is 63.3 cm³/mol. The fourth-order valence-electron chi connectivity index (χ4n) is 1.73. The Hall–Kier alpha value is -1.16. The van der Waals surface area contributed by atoms with E-state index in [0.29, 0.717) is 5.56 Å². The Morgan fingerprint density at radius 3 is 2.25 bits per heavy atom.